The van der Waals surface area contributed by atoms with E-state index < -0.39 is 0 Å². The summed E-state index contributed by atoms with van der Waals surface area (Å²) in [6, 6.07) is 0. The molecule has 3 nitrogen and oxygen atoms in total. The van der Waals surface area contributed by atoms with Crippen LogP contribution in [0.1, 0.15) is 114 Å². The molecule has 0 spiro atoms. The summed E-state index contributed by atoms with van der Waals surface area (Å²) in [5.74, 6) is 2.54. The fraction of sp³-hybridized carbons (Fsp3) is 1.00. The summed E-state index contributed by atoms with van der Waals surface area (Å²) in [6.07, 6.45) is 12.9. The van der Waals surface area contributed by atoms with E-state index in [2.05, 4.69) is 56.2 Å². The van der Waals surface area contributed by atoms with E-state index in [-0.39, 0.29) is 14.9 Å². The van der Waals surface area contributed by atoms with E-state index in [1.54, 1.807) is 0 Å². The Morgan fingerprint density at radius 3 is 0.719 bits per heavy atom. The molecule has 0 aromatic rings. The van der Waals surface area contributed by atoms with Gasteiger partial charge < -0.3 is 14.7 Å². The van der Waals surface area contributed by atoms with Crippen molar-refractivity contribution in [1.82, 2.24) is 14.7 Å². The Hall–Kier alpha value is -0.120. The lowest BCUT2D eigenvalue weighted by atomic mass is 10.1. The monoisotopic (exact) mass is 456 g/mol. The van der Waals surface area contributed by atoms with Gasteiger partial charge in [0.2, 0.25) is 0 Å². The first-order valence-electron chi connectivity index (χ1n) is 13.5. The molecule has 0 N–H and O–H groups in total. The van der Waals surface area contributed by atoms with Crippen molar-refractivity contribution >= 4 is 0 Å². The fourth-order valence-electron chi connectivity index (χ4n) is 4.98. The molecular formula is C29H65N3. The predicted molar refractivity (Wildman–Crippen MR) is 149 cm³/mol. The van der Waals surface area contributed by atoms with E-state index in [1.807, 2.05) is 0 Å². The van der Waals surface area contributed by atoms with E-state index in [4.69, 9.17) is 0 Å². The van der Waals surface area contributed by atoms with Gasteiger partial charge in [0.1, 0.15) is 0 Å². The van der Waals surface area contributed by atoms with Gasteiger partial charge >= 0.3 is 0 Å². The minimum atomic E-state index is 0. The van der Waals surface area contributed by atoms with Gasteiger partial charge in [-0.2, -0.15) is 0 Å². The summed E-state index contributed by atoms with van der Waals surface area (Å²) < 4.78 is 0. The first-order valence-corrected chi connectivity index (χ1v) is 13.5. The smallest absolute Gasteiger partial charge is 0.000438 e. The highest BCUT2D eigenvalue weighted by Crippen LogP contribution is 2.11. The average Bonchev–Trinajstić information content (AvgIpc) is 2.70. The number of hydrogen-bond donors (Lipinski definition) is 0. The van der Waals surface area contributed by atoms with Gasteiger partial charge in [0.25, 0.3) is 0 Å². The van der Waals surface area contributed by atoms with Crippen LogP contribution in [0.5, 0.6) is 0 Å². The first kappa shape index (κ1) is 34.0. The van der Waals surface area contributed by atoms with Crippen LogP contribution in [0.3, 0.4) is 0 Å². The number of hydrogen-bond acceptors (Lipinski definition) is 3. The minimum Gasteiger partial charge on any atom is -0.303 e. The van der Waals surface area contributed by atoms with Crippen LogP contribution >= 0.6 is 0 Å². The summed E-state index contributed by atoms with van der Waals surface area (Å²) in [5, 5.41) is 0. The molecule has 3 aliphatic rings. The third kappa shape index (κ3) is 19.4. The Kier molecular flexibility index (Phi) is 22.8. The second-order valence-corrected chi connectivity index (χ2v) is 11.3. The van der Waals surface area contributed by atoms with E-state index in [0.29, 0.717) is 0 Å². The summed E-state index contributed by atoms with van der Waals surface area (Å²) in [6.45, 7) is 25.8. The van der Waals surface area contributed by atoms with Crippen molar-refractivity contribution in [2.24, 2.45) is 17.8 Å². The van der Waals surface area contributed by atoms with Crippen molar-refractivity contribution in [2.75, 3.05) is 58.9 Å². The largest absolute Gasteiger partial charge is 0.303 e. The summed E-state index contributed by atoms with van der Waals surface area (Å²) >= 11 is 0. The van der Waals surface area contributed by atoms with Crippen molar-refractivity contribution < 1.29 is 0 Å². The van der Waals surface area contributed by atoms with Gasteiger partial charge in [0, 0.05) is 19.6 Å². The molecule has 3 heteroatoms. The lowest BCUT2D eigenvalue weighted by Crippen LogP contribution is -2.32. The van der Waals surface area contributed by atoms with Crippen molar-refractivity contribution in [3.63, 3.8) is 0 Å². The van der Waals surface area contributed by atoms with Crippen LogP contribution in [0.25, 0.3) is 0 Å². The maximum absolute atomic E-state index is 2.59. The summed E-state index contributed by atoms with van der Waals surface area (Å²) in [4.78, 5) is 7.77. The van der Waals surface area contributed by atoms with Gasteiger partial charge in [-0.25, -0.2) is 0 Å². The average molecular weight is 456 g/mol. The van der Waals surface area contributed by atoms with Gasteiger partial charge in [-0.05, 0) is 95.5 Å². The first-order chi connectivity index (χ1) is 14.4. The van der Waals surface area contributed by atoms with Crippen LogP contribution in [0.15, 0.2) is 0 Å². The zero-order chi connectivity index (χ0) is 22.2. The Morgan fingerprint density at radius 1 is 0.375 bits per heavy atom. The highest BCUT2D eigenvalue weighted by atomic mass is 15.1. The number of rotatable bonds is 6. The molecule has 0 unspecified atom stereocenters. The van der Waals surface area contributed by atoms with Gasteiger partial charge in [0.05, 0.1) is 0 Å². The minimum absolute atomic E-state index is 0. The molecule has 0 saturated carbocycles. The van der Waals surface area contributed by atoms with Gasteiger partial charge in [-0.3, -0.25) is 0 Å². The molecule has 32 heavy (non-hydrogen) atoms. The highest BCUT2D eigenvalue weighted by Gasteiger charge is 2.11. The molecule has 3 rings (SSSR count). The quantitative estimate of drug-likeness (QED) is 0.407. The Bertz CT molecular complexity index is 306. The lowest BCUT2D eigenvalue weighted by molar-refractivity contribution is 0.206. The second kappa shape index (κ2) is 21.4. The van der Waals surface area contributed by atoms with E-state index in [9.17, 15) is 0 Å². The van der Waals surface area contributed by atoms with Gasteiger partial charge in [0.15, 0.2) is 0 Å². The van der Waals surface area contributed by atoms with Crippen molar-refractivity contribution in [3.8, 4) is 0 Å². The topological polar surface area (TPSA) is 9.72 Å². The van der Waals surface area contributed by atoms with Crippen LogP contribution in [0, 0.1) is 17.8 Å². The third-order valence-electron chi connectivity index (χ3n) is 6.22. The van der Waals surface area contributed by atoms with Crippen LogP contribution in [0.4, 0.5) is 0 Å². The molecule has 3 fully saturated rings. The van der Waals surface area contributed by atoms with Crippen LogP contribution < -0.4 is 0 Å². The fourth-order valence-corrected chi connectivity index (χ4v) is 4.98. The van der Waals surface area contributed by atoms with Crippen molar-refractivity contribution in [3.05, 3.63) is 0 Å². The molecule has 3 heterocycles. The Morgan fingerprint density at radius 2 is 0.562 bits per heavy atom. The molecule has 0 radical (unpaired) electrons. The van der Waals surface area contributed by atoms with Gasteiger partial charge in [-0.1, -0.05) is 75.7 Å². The van der Waals surface area contributed by atoms with Crippen LogP contribution in [-0.4, -0.2) is 73.6 Å². The van der Waals surface area contributed by atoms with Crippen LogP contribution in [0.2, 0.25) is 0 Å². The summed E-state index contributed by atoms with van der Waals surface area (Å²) in [5.41, 5.74) is 0. The molecule has 0 aromatic carbocycles. The molecule has 3 aliphatic heterocycles. The lowest BCUT2D eigenvalue weighted by Gasteiger charge is -2.27. The zero-order valence-corrected chi connectivity index (χ0v) is 21.8. The molecular weight excluding hydrogens is 390 g/mol. The molecule has 0 amide bonds. The molecule has 0 aromatic heterocycles. The highest BCUT2D eigenvalue weighted by molar-refractivity contribution is 4.67. The zero-order valence-electron chi connectivity index (χ0n) is 21.8. The Labute approximate surface area is 205 Å². The molecule has 3 saturated heterocycles. The maximum Gasteiger partial charge on any atom is 0.000438 e. The van der Waals surface area contributed by atoms with E-state index >= 15 is 0 Å². The molecule has 0 aliphatic carbocycles. The van der Waals surface area contributed by atoms with Crippen molar-refractivity contribution in [1.29, 1.82) is 0 Å². The van der Waals surface area contributed by atoms with Crippen LogP contribution in [-0.2, 0) is 0 Å². The Balaban J connectivity index is 0. The van der Waals surface area contributed by atoms with Gasteiger partial charge in [-0.15, -0.1) is 0 Å². The normalized spacial score (nSPS) is 20.5. The van der Waals surface area contributed by atoms with Crippen molar-refractivity contribution in [2.45, 2.75) is 114 Å². The predicted octanol–water partition coefficient (Wildman–Crippen LogP) is 7.66. The standard InChI is InChI=1S/3C9H19N.2CH4/c3*1-9(2)8-10-6-4-3-5-7-10;;/h3*9H,3-8H2,1-2H3;2*1H4. The molecule has 196 valence electrons. The van der Waals surface area contributed by atoms with E-state index in [1.165, 1.54) is 117 Å². The maximum atomic E-state index is 2.59. The number of likely N-dealkylation sites (tertiary alicyclic amines) is 3. The third-order valence-corrected chi connectivity index (χ3v) is 6.22. The number of nitrogens with zero attached hydrogens (tertiary/aromatic N) is 3. The SMILES string of the molecule is C.C.CC(C)CN1CCCCC1.CC(C)CN1CCCCC1.CC(C)CN1CCCCC1. The second-order valence-electron chi connectivity index (χ2n) is 11.3. The molecule has 0 bridgehead atoms. The van der Waals surface area contributed by atoms with E-state index in [0.717, 1.165) is 17.8 Å². The number of piperidine rings is 3. The molecule has 0 atom stereocenters. The summed E-state index contributed by atoms with van der Waals surface area (Å²) in [7, 11) is 0.